The first-order valence-corrected chi connectivity index (χ1v) is 10.7. The maximum absolute atomic E-state index is 13.1. The molecule has 4 aromatic carbocycles. The summed E-state index contributed by atoms with van der Waals surface area (Å²) < 4.78 is 11.5. The van der Waals surface area contributed by atoms with E-state index in [1.54, 1.807) is 12.1 Å². The molecule has 0 aliphatic rings. The third kappa shape index (κ3) is 4.26. The molecule has 0 fully saturated rings. The topological polar surface area (TPSA) is 52.6 Å². The van der Waals surface area contributed by atoms with Gasteiger partial charge in [0.05, 0.1) is 0 Å². The number of esters is 2. The largest absolute Gasteiger partial charge is 0.422 e. The van der Waals surface area contributed by atoms with Crippen molar-refractivity contribution in [2.24, 2.45) is 0 Å². The Bertz CT molecular complexity index is 1220. The van der Waals surface area contributed by atoms with E-state index >= 15 is 0 Å². The highest BCUT2D eigenvalue weighted by molar-refractivity contribution is 6.03. The third-order valence-corrected chi connectivity index (χ3v) is 5.47. The van der Waals surface area contributed by atoms with E-state index in [1.807, 2.05) is 86.6 Å². The zero-order chi connectivity index (χ0) is 22.5. The Morgan fingerprint density at radius 3 is 1.34 bits per heavy atom. The molecular weight excluding hydrogens is 400 g/mol. The Balaban J connectivity index is 1.64. The van der Waals surface area contributed by atoms with E-state index in [4.69, 9.17) is 9.47 Å². The molecule has 160 valence electrons. The molecule has 0 spiro atoms. The van der Waals surface area contributed by atoms with Gasteiger partial charge in [0, 0.05) is 21.9 Å². The van der Waals surface area contributed by atoms with Crippen LogP contribution in [0.1, 0.15) is 26.7 Å². The number of fused-ring (bicyclic) bond motifs is 2. The first-order chi connectivity index (χ1) is 15.6. The minimum absolute atomic E-state index is 0.325. The van der Waals surface area contributed by atoms with Crippen LogP contribution in [-0.2, 0) is 9.59 Å². The zero-order valence-electron chi connectivity index (χ0n) is 18.1. The molecule has 0 N–H and O–H groups in total. The molecule has 0 atom stereocenters. The van der Waals surface area contributed by atoms with Crippen molar-refractivity contribution in [2.45, 2.75) is 26.7 Å². The molecule has 0 radical (unpaired) electrons. The van der Waals surface area contributed by atoms with Crippen LogP contribution in [0.2, 0.25) is 0 Å². The first-order valence-electron chi connectivity index (χ1n) is 10.7. The summed E-state index contributed by atoms with van der Waals surface area (Å²) in [5.74, 6) is -0.125. The molecule has 0 aliphatic carbocycles. The van der Waals surface area contributed by atoms with Crippen molar-refractivity contribution in [3.63, 3.8) is 0 Å². The Hall–Kier alpha value is -3.92. The van der Waals surface area contributed by atoms with Gasteiger partial charge in [0.25, 0.3) is 0 Å². The highest BCUT2D eigenvalue weighted by Crippen LogP contribution is 2.29. The Morgan fingerprint density at radius 1 is 0.562 bits per heavy atom. The minimum Gasteiger partial charge on any atom is -0.422 e. The summed E-state index contributed by atoms with van der Waals surface area (Å²) in [5.41, 5.74) is 0.649. The lowest BCUT2D eigenvalue weighted by Crippen LogP contribution is -2.19. The second-order valence-corrected chi connectivity index (χ2v) is 7.40. The van der Waals surface area contributed by atoms with Crippen molar-refractivity contribution < 1.29 is 19.1 Å². The average Bonchev–Trinajstić information content (AvgIpc) is 2.82. The van der Waals surface area contributed by atoms with Crippen LogP contribution in [0.4, 0.5) is 0 Å². The number of carbonyl (C=O) groups is 2. The van der Waals surface area contributed by atoms with Crippen LogP contribution in [0.5, 0.6) is 11.5 Å². The summed E-state index contributed by atoms with van der Waals surface area (Å²) in [7, 11) is 0. The highest BCUT2D eigenvalue weighted by atomic mass is 16.5. The molecule has 0 aliphatic heterocycles. The van der Waals surface area contributed by atoms with Crippen LogP contribution in [0.25, 0.3) is 21.5 Å². The molecule has 0 amide bonds. The van der Waals surface area contributed by atoms with Crippen molar-refractivity contribution >= 4 is 33.5 Å². The van der Waals surface area contributed by atoms with E-state index in [1.165, 1.54) is 0 Å². The van der Waals surface area contributed by atoms with Gasteiger partial charge in [0.1, 0.15) is 11.5 Å². The highest BCUT2D eigenvalue weighted by Gasteiger charge is 2.23. The normalized spacial score (nSPS) is 11.8. The summed E-state index contributed by atoms with van der Waals surface area (Å²) in [6.45, 7) is 3.67. The summed E-state index contributed by atoms with van der Waals surface area (Å²) in [4.78, 5) is 26.1. The lowest BCUT2D eigenvalue weighted by molar-refractivity contribution is -0.133. The zero-order valence-corrected chi connectivity index (χ0v) is 18.1. The van der Waals surface area contributed by atoms with Gasteiger partial charge in [-0.3, -0.25) is 0 Å². The predicted octanol–water partition coefficient (Wildman–Crippen LogP) is 6.62. The Morgan fingerprint density at radius 2 is 0.938 bits per heavy atom. The van der Waals surface area contributed by atoms with E-state index < -0.39 is 11.9 Å². The van der Waals surface area contributed by atoms with Gasteiger partial charge in [-0.25, -0.2) is 9.59 Å². The van der Waals surface area contributed by atoms with E-state index in [0.29, 0.717) is 35.5 Å². The van der Waals surface area contributed by atoms with E-state index in [2.05, 4.69) is 0 Å². The number of carbonyl (C=O) groups excluding carboxylic acids is 2. The molecule has 0 aromatic heterocycles. The predicted molar refractivity (Wildman–Crippen MR) is 127 cm³/mol. The molecule has 0 heterocycles. The molecule has 32 heavy (non-hydrogen) atoms. The van der Waals surface area contributed by atoms with Crippen LogP contribution in [0.15, 0.2) is 96.1 Å². The van der Waals surface area contributed by atoms with E-state index in [-0.39, 0.29) is 0 Å². The Labute approximate surface area is 187 Å². The second kappa shape index (κ2) is 9.48. The maximum Gasteiger partial charge on any atom is 0.339 e. The Kier molecular flexibility index (Phi) is 6.31. The molecule has 4 nitrogen and oxygen atoms in total. The van der Waals surface area contributed by atoms with Crippen LogP contribution >= 0.6 is 0 Å². The molecule has 4 rings (SSSR count). The van der Waals surface area contributed by atoms with Crippen LogP contribution in [-0.4, -0.2) is 11.9 Å². The van der Waals surface area contributed by atoms with Gasteiger partial charge >= 0.3 is 11.9 Å². The summed E-state index contributed by atoms with van der Waals surface area (Å²) in [5, 5.41) is 3.64. The van der Waals surface area contributed by atoms with E-state index in [0.717, 1.165) is 21.5 Å². The van der Waals surface area contributed by atoms with Gasteiger partial charge in [-0.15, -0.1) is 0 Å². The van der Waals surface area contributed by atoms with Gasteiger partial charge in [-0.1, -0.05) is 86.6 Å². The SMILES string of the molecule is CC/C(C(=O)Oc1cccc2ccccc12)=C(\CC)C(=O)Oc1cccc2ccccc12. The molecule has 0 saturated carbocycles. The lowest BCUT2D eigenvalue weighted by atomic mass is 10.0. The van der Waals surface area contributed by atoms with Gasteiger partial charge in [0.2, 0.25) is 0 Å². The van der Waals surface area contributed by atoms with Gasteiger partial charge in [-0.2, -0.15) is 0 Å². The molecule has 4 heteroatoms. The quantitative estimate of drug-likeness (QED) is 0.198. The maximum atomic E-state index is 13.1. The molecule has 4 aromatic rings. The van der Waals surface area contributed by atoms with Gasteiger partial charge < -0.3 is 9.47 Å². The molecule has 0 unspecified atom stereocenters. The summed E-state index contributed by atoms with van der Waals surface area (Å²) >= 11 is 0. The van der Waals surface area contributed by atoms with Crippen molar-refractivity contribution in [3.05, 3.63) is 96.1 Å². The fraction of sp³-hybridized carbons (Fsp3) is 0.143. The van der Waals surface area contributed by atoms with Gasteiger partial charge in [-0.05, 0) is 35.7 Å². The summed E-state index contributed by atoms with van der Waals surface area (Å²) in [6.07, 6.45) is 0.717. The average molecular weight is 424 g/mol. The summed E-state index contributed by atoms with van der Waals surface area (Å²) in [6, 6.07) is 26.5. The number of hydrogen-bond donors (Lipinski definition) is 0. The second-order valence-electron chi connectivity index (χ2n) is 7.40. The van der Waals surface area contributed by atoms with Crippen LogP contribution < -0.4 is 9.47 Å². The van der Waals surface area contributed by atoms with Crippen molar-refractivity contribution in [1.82, 2.24) is 0 Å². The number of benzene rings is 4. The number of rotatable bonds is 6. The lowest BCUT2D eigenvalue weighted by Gasteiger charge is -2.14. The third-order valence-electron chi connectivity index (χ3n) is 5.47. The minimum atomic E-state index is -0.532. The molecule has 0 saturated heterocycles. The smallest absolute Gasteiger partial charge is 0.339 e. The van der Waals surface area contributed by atoms with E-state index in [9.17, 15) is 9.59 Å². The molecule has 0 bridgehead atoms. The van der Waals surface area contributed by atoms with Crippen molar-refractivity contribution in [1.29, 1.82) is 0 Å². The molecular formula is C28H24O4. The fourth-order valence-electron chi connectivity index (χ4n) is 3.85. The van der Waals surface area contributed by atoms with Crippen LogP contribution in [0.3, 0.4) is 0 Å². The first kappa shape index (κ1) is 21.3. The monoisotopic (exact) mass is 424 g/mol. The number of hydrogen-bond acceptors (Lipinski definition) is 4. The van der Waals surface area contributed by atoms with Crippen molar-refractivity contribution in [2.75, 3.05) is 0 Å². The van der Waals surface area contributed by atoms with Gasteiger partial charge in [0.15, 0.2) is 0 Å². The standard InChI is InChI=1S/C28H24O4/c1-3-21(27(29)31-25-17-9-13-19-11-5-7-15-23(19)25)22(4-2)28(30)32-26-18-10-14-20-12-6-8-16-24(20)26/h5-18H,3-4H2,1-2H3/b22-21-. The fourth-order valence-corrected chi connectivity index (χ4v) is 3.85. The number of ether oxygens (including phenoxy) is 2. The van der Waals surface area contributed by atoms with Crippen LogP contribution in [0, 0.1) is 0 Å². The van der Waals surface area contributed by atoms with Crippen molar-refractivity contribution in [3.8, 4) is 11.5 Å².